The standard InChI is InChI=1S/C14H23NO2/c1-5-14(3,16)10-15-11(2)12-8-6-7-9-13(12)17-4/h6-9,11,15-16H,5,10H2,1-4H3/t11-,14?/m0/s1. The van der Waals surface area contributed by atoms with Gasteiger partial charge in [-0.05, 0) is 26.3 Å². The van der Waals surface area contributed by atoms with E-state index in [0.29, 0.717) is 6.54 Å². The lowest BCUT2D eigenvalue weighted by Crippen LogP contribution is -2.38. The molecule has 0 bridgehead atoms. The van der Waals surface area contributed by atoms with Crippen molar-refractivity contribution in [1.82, 2.24) is 5.32 Å². The number of ether oxygens (including phenoxy) is 1. The third-order valence-corrected chi connectivity index (χ3v) is 3.16. The number of benzene rings is 1. The molecule has 2 N–H and O–H groups in total. The molecule has 3 heteroatoms. The summed E-state index contributed by atoms with van der Waals surface area (Å²) in [6, 6.07) is 8.10. The molecule has 0 aromatic heterocycles. The van der Waals surface area contributed by atoms with Crippen LogP contribution in [0.3, 0.4) is 0 Å². The maximum atomic E-state index is 9.95. The van der Waals surface area contributed by atoms with Crippen molar-refractivity contribution in [3.05, 3.63) is 29.8 Å². The lowest BCUT2D eigenvalue weighted by molar-refractivity contribution is 0.0533. The van der Waals surface area contributed by atoms with Crippen LogP contribution in [0.2, 0.25) is 0 Å². The third-order valence-electron chi connectivity index (χ3n) is 3.16. The molecule has 0 amide bonds. The Labute approximate surface area is 104 Å². The molecule has 0 spiro atoms. The fraction of sp³-hybridized carbons (Fsp3) is 0.571. The second kappa shape index (κ2) is 6.03. The van der Waals surface area contributed by atoms with Crippen LogP contribution in [0.4, 0.5) is 0 Å². The highest BCUT2D eigenvalue weighted by atomic mass is 16.5. The molecule has 0 radical (unpaired) electrons. The Morgan fingerprint density at radius 2 is 2.06 bits per heavy atom. The SMILES string of the molecule is CCC(C)(O)CN[C@@H](C)c1ccccc1OC. The van der Waals surface area contributed by atoms with Crippen LogP contribution < -0.4 is 10.1 Å². The minimum atomic E-state index is -0.656. The zero-order valence-electron chi connectivity index (χ0n) is 11.2. The van der Waals surface area contributed by atoms with Gasteiger partial charge in [-0.3, -0.25) is 0 Å². The number of methoxy groups -OCH3 is 1. The van der Waals surface area contributed by atoms with Gasteiger partial charge in [-0.15, -0.1) is 0 Å². The van der Waals surface area contributed by atoms with Crippen molar-refractivity contribution in [3.63, 3.8) is 0 Å². The van der Waals surface area contributed by atoms with E-state index in [4.69, 9.17) is 4.74 Å². The van der Waals surface area contributed by atoms with Gasteiger partial charge in [-0.25, -0.2) is 0 Å². The fourth-order valence-corrected chi connectivity index (χ4v) is 1.63. The summed E-state index contributed by atoms with van der Waals surface area (Å²) in [5.41, 5.74) is 0.456. The molecule has 0 aliphatic carbocycles. The molecule has 1 unspecified atom stereocenters. The number of hydrogen-bond acceptors (Lipinski definition) is 3. The summed E-state index contributed by atoms with van der Waals surface area (Å²) < 4.78 is 5.32. The first-order valence-corrected chi connectivity index (χ1v) is 6.09. The van der Waals surface area contributed by atoms with E-state index in [2.05, 4.69) is 12.2 Å². The third kappa shape index (κ3) is 4.02. The first-order chi connectivity index (χ1) is 8.00. The Hall–Kier alpha value is -1.06. The second-order valence-corrected chi connectivity index (χ2v) is 4.70. The van der Waals surface area contributed by atoms with Crippen LogP contribution in [0.1, 0.15) is 38.8 Å². The van der Waals surface area contributed by atoms with Gasteiger partial charge in [-0.1, -0.05) is 25.1 Å². The molecule has 3 nitrogen and oxygen atoms in total. The summed E-state index contributed by atoms with van der Waals surface area (Å²) in [5, 5.41) is 13.3. The molecule has 1 aromatic rings. The topological polar surface area (TPSA) is 41.5 Å². The Balaban J connectivity index is 2.67. The Morgan fingerprint density at radius 3 is 2.65 bits per heavy atom. The normalized spacial score (nSPS) is 16.3. The molecular formula is C14H23NO2. The van der Waals surface area contributed by atoms with Crippen molar-refractivity contribution in [3.8, 4) is 5.75 Å². The smallest absolute Gasteiger partial charge is 0.123 e. The molecule has 0 saturated heterocycles. The summed E-state index contributed by atoms with van der Waals surface area (Å²) in [7, 11) is 1.67. The number of aliphatic hydroxyl groups is 1. The first-order valence-electron chi connectivity index (χ1n) is 6.09. The second-order valence-electron chi connectivity index (χ2n) is 4.70. The minimum absolute atomic E-state index is 0.157. The monoisotopic (exact) mass is 237 g/mol. The van der Waals surface area contributed by atoms with Crippen molar-refractivity contribution in [2.24, 2.45) is 0 Å². The Morgan fingerprint density at radius 1 is 1.41 bits per heavy atom. The highest BCUT2D eigenvalue weighted by Gasteiger charge is 2.19. The predicted molar refractivity (Wildman–Crippen MR) is 70.3 cm³/mol. The van der Waals surface area contributed by atoms with Gasteiger partial charge < -0.3 is 15.2 Å². The maximum absolute atomic E-state index is 9.95. The largest absolute Gasteiger partial charge is 0.496 e. The lowest BCUT2D eigenvalue weighted by Gasteiger charge is -2.25. The molecule has 1 rings (SSSR count). The van der Waals surface area contributed by atoms with E-state index in [1.807, 2.05) is 38.1 Å². The summed E-state index contributed by atoms with van der Waals surface area (Å²) in [4.78, 5) is 0. The van der Waals surface area contributed by atoms with Crippen LogP contribution in [-0.2, 0) is 0 Å². The van der Waals surface area contributed by atoms with Gasteiger partial charge in [0.15, 0.2) is 0 Å². The summed E-state index contributed by atoms with van der Waals surface area (Å²) >= 11 is 0. The molecule has 96 valence electrons. The van der Waals surface area contributed by atoms with E-state index < -0.39 is 5.60 Å². The van der Waals surface area contributed by atoms with Gasteiger partial charge in [0.25, 0.3) is 0 Å². The highest BCUT2D eigenvalue weighted by Crippen LogP contribution is 2.24. The van der Waals surface area contributed by atoms with E-state index in [1.165, 1.54) is 0 Å². The van der Waals surface area contributed by atoms with Crippen LogP contribution in [-0.4, -0.2) is 24.4 Å². The zero-order valence-corrected chi connectivity index (χ0v) is 11.2. The van der Waals surface area contributed by atoms with Crippen molar-refractivity contribution >= 4 is 0 Å². The van der Waals surface area contributed by atoms with Gasteiger partial charge in [0.1, 0.15) is 5.75 Å². The van der Waals surface area contributed by atoms with Crippen molar-refractivity contribution < 1.29 is 9.84 Å². The van der Waals surface area contributed by atoms with Gasteiger partial charge in [-0.2, -0.15) is 0 Å². The summed E-state index contributed by atoms with van der Waals surface area (Å²) in [6.07, 6.45) is 0.735. The Kier molecular flexibility index (Phi) is 4.97. The molecule has 0 aliphatic rings. The van der Waals surface area contributed by atoms with Gasteiger partial charge >= 0.3 is 0 Å². The van der Waals surface area contributed by atoms with Gasteiger partial charge in [0.2, 0.25) is 0 Å². The van der Waals surface area contributed by atoms with Gasteiger partial charge in [0.05, 0.1) is 12.7 Å². The van der Waals surface area contributed by atoms with E-state index >= 15 is 0 Å². The summed E-state index contributed by atoms with van der Waals surface area (Å²) in [5.74, 6) is 0.878. The maximum Gasteiger partial charge on any atom is 0.123 e. The predicted octanol–water partition coefficient (Wildman–Crippen LogP) is 2.51. The van der Waals surface area contributed by atoms with E-state index in [9.17, 15) is 5.11 Å². The highest BCUT2D eigenvalue weighted by molar-refractivity contribution is 5.35. The number of nitrogens with one attached hydrogen (secondary N) is 1. The Bertz CT molecular complexity index is 350. The molecule has 0 saturated carbocycles. The zero-order chi connectivity index (χ0) is 12.9. The number of hydrogen-bond donors (Lipinski definition) is 2. The van der Waals surface area contributed by atoms with Crippen molar-refractivity contribution in [1.29, 1.82) is 0 Å². The average Bonchev–Trinajstić information content (AvgIpc) is 2.36. The molecule has 2 atom stereocenters. The molecule has 0 heterocycles. The average molecular weight is 237 g/mol. The van der Waals surface area contributed by atoms with E-state index in [0.717, 1.165) is 17.7 Å². The number of rotatable bonds is 6. The molecular weight excluding hydrogens is 214 g/mol. The number of para-hydroxylation sites is 1. The van der Waals surface area contributed by atoms with Crippen LogP contribution in [0, 0.1) is 0 Å². The minimum Gasteiger partial charge on any atom is -0.496 e. The fourth-order valence-electron chi connectivity index (χ4n) is 1.63. The van der Waals surface area contributed by atoms with E-state index in [1.54, 1.807) is 7.11 Å². The summed E-state index contributed by atoms with van der Waals surface area (Å²) in [6.45, 7) is 6.47. The first kappa shape index (κ1) is 14.0. The molecule has 0 aliphatic heterocycles. The van der Waals surface area contributed by atoms with Gasteiger partial charge in [0, 0.05) is 18.2 Å². The van der Waals surface area contributed by atoms with Crippen LogP contribution >= 0.6 is 0 Å². The van der Waals surface area contributed by atoms with Crippen molar-refractivity contribution in [2.45, 2.75) is 38.8 Å². The van der Waals surface area contributed by atoms with Crippen molar-refractivity contribution in [2.75, 3.05) is 13.7 Å². The molecule has 17 heavy (non-hydrogen) atoms. The van der Waals surface area contributed by atoms with E-state index in [-0.39, 0.29) is 6.04 Å². The quantitative estimate of drug-likeness (QED) is 0.798. The van der Waals surface area contributed by atoms with Crippen LogP contribution in [0.5, 0.6) is 5.75 Å². The molecule has 0 fully saturated rings. The van der Waals surface area contributed by atoms with Crippen LogP contribution in [0.25, 0.3) is 0 Å². The molecule has 1 aromatic carbocycles. The van der Waals surface area contributed by atoms with Crippen LogP contribution in [0.15, 0.2) is 24.3 Å². The lowest BCUT2D eigenvalue weighted by atomic mass is 10.0.